The van der Waals surface area contributed by atoms with Gasteiger partial charge in [0.05, 0.1) is 17.6 Å². The molecule has 0 atom stereocenters. The van der Waals surface area contributed by atoms with E-state index in [1.165, 1.54) is 0 Å². The van der Waals surface area contributed by atoms with Gasteiger partial charge in [-0.25, -0.2) is 4.52 Å². The van der Waals surface area contributed by atoms with Gasteiger partial charge < -0.3 is 0 Å². The van der Waals surface area contributed by atoms with Crippen molar-refractivity contribution in [1.29, 1.82) is 0 Å². The summed E-state index contributed by atoms with van der Waals surface area (Å²) in [6.45, 7) is 0. The smallest absolute Gasteiger partial charge is 0.0848 e. The highest BCUT2D eigenvalue weighted by molar-refractivity contribution is 9.11. The number of nitrogens with zero attached hydrogens (tertiary/aromatic N) is 2. The fourth-order valence-electron chi connectivity index (χ4n) is 1.20. The topological polar surface area (TPSA) is 17.3 Å². The van der Waals surface area contributed by atoms with Crippen LogP contribution >= 0.6 is 43.5 Å². The summed E-state index contributed by atoms with van der Waals surface area (Å²) in [5.74, 6) is 0.476. The van der Waals surface area contributed by atoms with Gasteiger partial charge in [-0.3, -0.25) is 0 Å². The Morgan fingerprint density at radius 2 is 2.23 bits per heavy atom. The first-order chi connectivity index (χ1) is 6.22. The normalized spacial score (nSPS) is 11.0. The van der Waals surface area contributed by atoms with Crippen LogP contribution in [0.1, 0.15) is 5.56 Å². The second-order valence-electron chi connectivity index (χ2n) is 2.60. The van der Waals surface area contributed by atoms with Crippen LogP contribution in [0.2, 0.25) is 0 Å². The molecule has 0 aliphatic rings. The molecule has 2 heterocycles. The second kappa shape index (κ2) is 3.59. The summed E-state index contributed by atoms with van der Waals surface area (Å²) in [5, 5.41) is 4.18. The lowest BCUT2D eigenvalue weighted by Crippen LogP contribution is -1.87. The molecule has 2 nitrogen and oxygen atoms in total. The molecule has 2 aromatic rings. The van der Waals surface area contributed by atoms with Crippen molar-refractivity contribution in [2.75, 3.05) is 0 Å². The van der Waals surface area contributed by atoms with E-state index in [4.69, 9.17) is 11.6 Å². The van der Waals surface area contributed by atoms with Crippen LogP contribution in [0.5, 0.6) is 0 Å². The third-order valence-corrected chi connectivity index (χ3v) is 3.08. The molecule has 0 unspecified atom stereocenters. The van der Waals surface area contributed by atoms with E-state index in [9.17, 15) is 0 Å². The van der Waals surface area contributed by atoms with Crippen molar-refractivity contribution in [2.45, 2.75) is 5.88 Å². The molecule has 0 N–H and O–H groups in total. The van der Waals surface area contributed by atoms with E-state index in [0.29, 0.717) is 5.88 Å². The van der Waals surface area contributed by atoms with Crippen LogP contribution in [0.4, 0.5) is 0 Å². The first kappa shape index (κ1) is 9.49. The molecule has 68 valence electrons. The number of halogens is 3. The fourth-order valence-corrected chi connectivity index (χ4v) is 2.81. The van der Waals surface area contributed by atoms with Gasteiger partial charge in [-0.05, 0) is 37.9 Å². The van der Waals surface area contributed by atoms with E-state index in [0.717, 1.165) is 20.0 Å². The summed E-state index contributed by atoms with van der Waals surface area (Å²) in [4.78, 5) is 0. The van der Waals surface area contributed by atoms with Crippen LogP contribution in [0, 0.1) is 0 Å². The van der Waals surface area contributed by atoms with Crippen molar-refractivity contribution in [3.8, 4) is 0 Å². The number of hydrogen-bond donors (Lipinski definition) is 0. The molecule has 0 aliphatic heterocycles. The van der Waals surface area contributed by atoms with Crippen LogP contribution in [0.15, 0.2) is 27.4 Å². The maximum absolute atomic E-state index is 5.77. The van der Waals surface area contributed by atoms with Gasteiger partial charge in [0.15, 0.2) is 0 Å². The molecule has 0 saturated carbocycles. The van der Waals surface area contributed by atoms with E-state index in [-0.39, 0.29) is 0 Å². The van der Waals surface area contributed by atoms with Gasteiger partial charge >= 0.3 is 0 Å². The molecule has 13 heavy (non-hydrogen) atoms. The molecule has 0 aromatic carbocycles. The number of alkyl halides is 1. The molecule has 0 saturated heterocycles. The van der Waals surface area contributed by atoms with E-state index >= 15 is 0 Å². The summed E-state index contributed by atoms with van der Waals surface area (Å²) in [7, 11) is 0. The zero-order valence-corrected chi connectivity index (χ0v) is 10.4. The molecule has 0 bridgehead atoms. The highest BCUT2D eigenvalue weighted by atomic mass is 79.9. The van der Waals surface area contributed by atoms with E-state index < -0.39 is 0 Å². The zero-order chi connectivity index (χ0) is 9.42. The molecule has 0 radical (unpaired) electrons. The third-order valence-electron chi connectivity index (χ3n) is 1.75. The van der Waals surface area contributed by atoms with E-state index in [2.05, 4.69) is 37.0 Å². The highest BCUT2D eigenvalue weighted by Crippen LogP contribution is 2.26. The molecule has 2 aromatic heterocycles. The summed E-state index contributed by atoms with van der Waals surface area (Å²) in [5.41, 5.74) is 2.05. The zero-order valence-electron chi connectivity index (χ0n) is 6.47. The minimum Gasteiger partial charge on any atom is -0.238 e. The first-order valence-corrected chi connectivity index (χ1v) is 5.71. The minimum atomic E-state index is 0.476. The van der Waals surface area contributed by atoms with Crippen LogP contribution < -0.4 is 0 Å². The molecule has 2 rings (SSSR count). The summed E-state index contributed by atoms with van der Waals surface area (Å²) in [6.07, 6.45) is 3.68. The van der Waals surface area contributed by atoms with Gasteiger partial charge in [0.1, 0.15) is 0 Å². The van der Waals surface area contributed by atoms with Gasteiger partial charge in [0.25, 0.3) is 0 Å². The Morgan fingerprint density at radius 3 is 2.92 bits per heavy atom. The lowest BCUT2D eigenvalue weighted by Gasteiger charge is -1.99. The average Bonchev–Trinajstić information content (AvgIpc) is 2.47. The van der Waals surface area contributed by atoms with Gasteiger partial charge in [-0.15, -0.1) is 11.6 Å². The van der Waals surface area contributed by atoms with Crippen LogP contribution in [0.3, 0.4) is 0 Å². The third kappa shape index (κ3) is 1.63. The number of hydrogen-bond acceptors (Lipinski definition) is 1. The Bertz CT molecular complexity index is 453. The van der Waals surface area contributed by atoms with Crippen molar-refractivity contribution >= 4 is 49.0 Å². The quantitative estimate of drug-likeness (QED) is 0.733. The van der Waals surface area contributed by atoms with Crippen molar-refractivity contribution in [1.82, 2.24) is 9.61 Å². The van der Waals surface area contributed by atoms with Crippen molar-refractivity contribution < 1.29 is 0 Å². The van der Waals surface area contributed by atoms with Crippen LogP contribution in [-0.2, 0) is 5.88 Å². The minimum absolute atomic E-state index is 0.476. The maximum Gasteiger partial charge on any atom is 0.0848 e. The summed E-state index contributed by atoms with van der Waals surface area (Å²) in [6, 6.07) is 1.98. The predicted octanol–water partition coefficient (Wildman–Crippen LogP) is 3.60. The second-order valence-corrected chi connectivity index (χ2v) is 4.64. The molecular weight excluding hydrogens is 319 g/mol. The largest absolute Gasteiger partial charge is 0.238 e. The molecule has 5 heteroatoms. The fraction of sp³-hybridized carbons (Fsp3) is 0.125. The summed E-state index contributed by atoms with van der Waals surface area (Å²) < 4.78 is 3.78. The number of aromatic nitrogens is 2. The van der Waals surface area contributed by atoms with E-state index in [1.54, 1.807) is 10.7 Å². The average molecular weight is 324 g/mol. The number of rotatable bonds is 1. The first-order valence-electron chi connectivity index (χ1n) is 3.59. The summed E-state index contributed by atoms with van der Waals surface area (Å²) >= 11 is 12.6. The maximum atomic E-state index is 5.77. The highest BCUT2D eigenvalue weighted by Gasteiger charge is 2.07. The monoisotopic (exact) mass is 322 g/mol. The Morgan fingerprint density at radius 1 is 1.46 bits per heavy atom. The van der Waals surface area contributed by atoms with Gasteiger partial charge in [-0.2, -0.15) is 5.10 Å². The Labute approximate surface area is 97.1 Å². The van der Waals surface area contributed by atoms with Crippen molar-refractivity contribution in [2.24, 2.45) is 0 Å². The Balaban J connectivity index is 2.82. The Kier molecular flexibility index (Phi) is 2.62. The predicted molar refractivity (Wildman–Crippen MR) is 60.1 cm³/mol. The van der Waals surface area contributed by atoms with Crippen molar-refractivity contribution in [3.63, 3.8) is 0 Å². The van der Waals surface area contributed by atoms with Gasteiger partial charge in [0.2, 0.25) is 0 Å². The molecule has 0 fully saturated rings. The van der Waals surface area contributed by atoms with Crippen LogP contribution in [0.25, 0.3) is 5.52 Å². The molecule has 0 aliphatic carbocycles. The SMILES string of the molecule is ClCc1cnn2cc(Br)cc(Br)c12. The molecule has 0 amide bonds. The standard InChI is InChI=1S/C8H5Br2ClN2/c9-6-1-7(10)8-5(2-11)3-12-13(8)4-6/h1,3-4H,2H2. The number of pyridine rings is 1. The lowest BCUT2D eigenvalue weighted by atomic mass is 10.3. The van der Waals surface area contributed by atoms with Crippen molar-refractivity contribution in [3.05, 3.63) is 33.0 Å². The van der Waals surface area contributed by atoms with Gasteiger partial charge in [-0.1, -0.05) is 0 Å². The lowest BCUT2D eigenvalue weighted by molar-refractivity contribution is 0.953. The Hall–Kier alpha value is -0.0600. The molecular formula is C8H5Br2ClN2. The molecule has 0 spiro atoms. The van der Waals surface area contributed by atoms with Gasteiger partial charge in [0, 0.05) is 20.7 Å². The van der Waals surface area contributed by atoms with E-state index in [1.807, 2.05) is 12.3 Å². The number of fused-ring (bicyclic) bond motifs is 1. The van der Waals surface area contributed by atoms with Crippen LogP contribution in [-0.4, -0.2) is 9.61 Å².